The summed E-state index contributed by atoms with van der Waals surface area (Å²) in [6.07, 6.45) is -0.124. The van der Waals surface area contributed by atoms with E-state index < -0.39 is 18.0 Å². The van der Waals surface area contributed by atoms with Gasteiger partial charge in [-0.3, -0.25) is 4.79 Å². The van der Waals surface area contributed by atoms with Crippen molar-refractivity contribution in [1.82, 2.24) is 5.32 Å². The minimum absolute atomic E-state index is 0.0104. The van der Waals surface area contributed by atoms with Crippen LogP contribution in [0.3, 0.4) is 0 Å². The van der Waals surface area contributed by atoms with Crippen LogP contribution in [0.1, 0.15) is 20.3 Å². The Morgan fingerprint density at radius 2 is 2.05 bits per heavy atom. The van der Waals surface area contributed by atoms with Crippen molar-refractivity contribution in [3.8, 4) is 5.75 Å². The first-order valence-corrected chi connectivity index (χ1v) is 7.25. The van der Waals surface area contributed by atoms with Crippen LogP contribution in [0, 0.1) is 5.92 Å². The molecule has 1 aromatic rings. The van der Waals surface area contributed by atoms with Crippen LogP contribution in [0.4, 0.5) is 10.5 Å². The fourth-order valence-electron chi connectivity index (χ4n) is 1.75. The Balaban J connectivity index is 2.76. The highest BCUT2D eigenvalue weighted by atomic mass is 79.9. The zero-order valence-electron chi connectivity index (χ0n) is 12.1. The second-order valence-corrected chi connectivity index (χ2v) is 5.81. The average molecular weight is 359 g/mol. The van der Waals surface area contributed by atoms with Gasteiger partial charge in [0.05, 0.1) is 19.2 Å². The van der Waals surface area contributed by atoms with E-state index in [2.05, 4.69) is 26.6 Å². The van der Waals surface area contributed by atoms with Crippen LogP contribution >= 0.6 is 15.9 Å². The minimum atomic E-state index is -0.950. The van der Waals surface area contributed by atoms with Crippen molar-refractivity contribution in [2.24, 2.45) is 5.92 Å². The SMILES string of the molecule is COc1ccc(Br)cc1NC(=O)NC(CC(=O)O)C(C)C. The normalized spacial score (nSPS) is 11.9. The van der Waals surface area contributed by atoms with E-state index in [1.54, 1.807) is 18.2 Å². The van der Waals surface area contributed by atoms with Crippen LogP contribution in [-0.2, 0) is 4.79 Å². The summed E-state index contributed by atoms with van der Waals surface area (Å²) in [5.74, 6) is -0.419. The maximum absolute atomic E-state index is 12.0. The minimum Gasteiger partial charge on any atom is -0.495 e. The summed E-state index contributed by atoms with van der Waals surface area (Å²) in [6.45, 7) is 3.71. The maximum Gasteiger partial charge on any atom is 0.319 e. The highest BCUT2D eigenvalue weighted by Crippen LogP contribution is 2.27. The number of carboxylic acid groups (broad SMARTS) is 1. The van der Waals surface area contributed by atoms with Gasteiger partial charge in [-0.25, -0.2) is 4.79 Å². The largest absolute Gasteiger partial charge is 0.495 e. The van der Waals surface area contributed by atoms with Crippen molar-refractivity contribution in [3.63, 3.8) is 0 Å². The molecule has 0 aliphatic rings. The molecule has 3 N–H and O–H groups in total. The van der Waals surface area contributed by atoms with Crippen LogP contribution in [-0.4, -0.2) is 30.3 Å². The van der Waals surface area contributed by atoms with E-state index in [4.69, 9.17) is 9.84 Å². The molecule has 1 aromatic carbocycles. The van der Waals surface area contributed by atoms with Gasteiger partial charge in [0.2, 0.25) is 0 Å². The fourth-order valence-corrected chi connectivity index (χ4v) is 2.11. The third kappa shape index (κ3) is 5.63. The lowest BCUT2D eigenvalue weighted by Crippen LogP contribution is -2.42. The first-order valence-electron chi connectivity index (χ1n) is 6.46. The monoisotopic (exact) mass is 358 g/mol. The Kier molecular flexibility index (Phi) is 6.48. The molecule has 0 fully saturated rings. The fraction of sp³-hybridized carbons (Fsp3) is 0.429. The van der Waals surface area contributed by atoms with Crippen LogP contribution in [0.15, 0.2) is 22.7 Å². The molecule has 0 aliphatic carbocycles. The molecular weight excluding hydrogens is 340 g/mol. The third-order valence-electron chi connectivity index (χ3n) is 2.93. The van der Waals surface area contributed by atoms with Crippen LogP contribution in [0.5, 0.6) is 5.75 Å². The number of hydrogen-bond acceptors (Lipinski definition) is 3. The Morgan fingerprint density at radius 1 is 1.38 bits per heavy atom. The van der Waals surface area contributed by atoms with E-state index in [1.807, 2.05) is 13.8 Å². The number of carbonyl (C=O) groups is 2. The summed E-state index contributed by atoms with van der Waals surface area (Å²) < 4.78 is 5.96. The number of anilines is 1. The predicted octanol–water partition coefficient (Wildman–Crippen LogP) is 3.08. The number of amides is 2. The van der Waals surface area contributed by atoms with Crippen molar-refractivity contribution in [2.45, 2.75) is 26.3 Å². The van der Waals surface area contributed by atoms with E-state index >= 15 is 0 Å². The van der Waals surface area contributed by atoms with Crippen LogP contribution in [0.25, 0.3) is 0 Å². The van der Waals surface area contributed by atoms with E-state index in [0.717, 1.165) is 4.47 Å². The molecule has 116 valence electrons. The summed E-state index contributed by atoms with van der Waals surface area (Å²) >= 11 is 3.32. The van der Waals surface area contributed by atoms with E-state index in [1.165, 1.54) is 7.11 Å². The number of carboxylic acids is 1. The zero-order chi connectivity index (χ0) is 16.0. The lowest BCUT2D eigenvalue weighted by molar-refractivity contribution is -0.137. The summed E-state index contributed by atoms with van der Waals surface area (Å²) in [5.41, 5.74) is 0.502. The van der Waals surface area contributed by atoms with Crippen molar-refractivity contribution in [1.29, 1.82) is 0 Å². The molecule has 6 nitrogen and oxygen atoms in total. The van der Waals surface area contributed by atoms with E-state index in [-0.39, 0.29) is 12.3 Å². The van der Waals surface area contributed by atoms with Gasteiger partial charge in [-0.15, -0.1) is 0 Å². The standard InChI is InChI=1S/C14H19BrN2O4/c1-8(2)10(7-13(18)19)16-14(20)17-11-6-9(15)4-5-12(11)21-3/h4-6,8,10H,7H2,1-3H3,(H,18,19)(H2,16,17,20). The molecule has 0 saturated carbocycles. The van der Waals surface area contributed by atoms with Gasteiger partial charge in [-0.1, -0.05) is 29.8 Å². The van der Waals surface area contributed by atoms with Gasteiger partial charge in [0.25, 0.3) is 0 Å². The van der Waals surface area contributed by atoms with Gasteiger partial charge < -0.3 is 20.5 Å². The molecule has 0 radical (unpaired) electrons. The van der Waals surface area contributed by atoms with Crippen molar-refractivity contribution in [2.75, 3.05) is 12.4 Å². The van der Waals surface area contributed by atoms with Gasteiger partial charge in [0.1, 0.15) is 5.75 Å². The van der Waals surface area contributed by atoms with Gasteiger partial charge in [-0.05, 0) is 24.1 Å². The molecule has 0 saturated heterocycles. The zero-order valence-corrected chi connectivity index (χ0v) is 13.7. The van der Waals surface area contributed by atoms with Gasteiger partial charge in [-0.2, -0.15) is 0 Å². The second kappa shape index (κ2) is 7.87. The van der Waals surface area contributed by atoms with Crippen molar-refractivity contribution < 1.29 is 19.4 Å². The molecule has 0 aromatic heterocycles. The lowest BCUT2D eigenvalue weighted by Gasteiger charge is -2.21. The molecule has 0 spiro atoms. The average Bonchev–Trinajstić information content (AvgIpc) is 2.37. The number of hydrogen-bond donors (Lipinski definition) is 3. The number of nitrogens with one attached hydrogen (secondary N) is 2. The molecular formula is C14H19BrN2O4. The van der Waals surface area contributed by atoms with Crippen molar-refractivity contribution >= 4 is 33.6 Å². The summed E-state index contributed by atoms with van der Waals surface area (Å²) in [4.78, 5) is 22.8. The molecule has 21 heavy (non-hydrogen) atoms. The number of rotatable bonds is 6. The number of ether oxygens (including phenoxy) is 1. The van der Waals surface area contributed by atoms with Gasteiger partial charge in [0, 0.05) is 10.5 Å². The van der Waals surface area contributed by atoms with E-state index in [9.17, 15) is 9.59 Å². The number of methoxy groups -OCH3 is 1. The lowest BCUT2D eigenvalue weighted by atomic mass is 10.0. The molecule has 0 aliphatic heterocycles. The smallest absolute Gasteiger partial charge is 0.319 e. The predicted molar refractivity (Wildman–Crippen MR) is 83.7 cm³/mol. The molecule has 2 amide bonds. The highest BCUT2D eigenvalue weighted by Gasteiger charge is 2.20. The number of urea groups is 1. The highest BCUT2D eigenvalue weighted by molar-refractivity contribution is 9.10. The molecule has 0 bridgehead atoms. The Labute approximate surface area is 132 Å². The van der Waals surface area contributed by atoms with Gasteiger partial charge >= 0.3 is 12.0 Å². The Hall–Kier alpha value is -1.76. The van der Waals surface area contributed by atoms with Crippen LogP contribution in [0.2, 0.25) is 0 Å². The number of carbonyl (C=O) groups excluding carboxylic acids is 1. The molecule has 0 heterocycles. The topological polar surface area (TPSA) is 87.7 Å². The molecule has 1 atom stereocenters. The summed E-state index contributed by atoms with van der Waals surface area (Å²) in [6, 6.07) is 4.31. The van der Waals surface area contributed by atoms with Crippen molar-refractivity contribution in [3.05, 3.63) is 22.7 Å². The quantitative estimate of drug-likeness (QED) is 0.728. The van der Waals surface area contributed by atoms with Crippen LogP contribution < -0.4 is 15.4 Å². The van der Waals surface area contributed by atoms with E-state index in [0.29, 0.717) is 11.4 Å². The first-order chi connectivity index (χ1) is 9.83. The molecule has 7 heteroatoms. The third-order valence-corrected chi connectivity index (χ3v) is 3.42. The first kappa shape index (κ1) is 17.3. The number of halogens is 1. The Morgan fingerprint density at radius 3 is 2.57 bits per heavy atom. The number of benzene rings is 1. The van der Waals surface area contributed by atoms with Gasteiger partial charge in [0.15, 0.2) is 0 Å². The maximum atomic E-state index is 12.0. The second-order valence-electron chi connectivity index (χ2n) is 4.89. The molecule has 1 unspecified atom stereocenters. The number of aliphatic carboxylic acids is 1. The Bertz CT molecular complexity index is 520. The summed E-state index contributed by atoms with van der Waals surface area (Å²) in [7, 11) is 1.51. The summed E-state index contributed by atoms with van der Waals surface area (Å²) in [5, 5.41) is 14.2. The molecule has 1 rings (SSSR count).